The average molecular weight is 233 g/mol. The molecule has 1 aromatic rings. The standard InChI is InChI=1S/C13H19N3O/c14-8-10-3-5-12(6-4-10)16-13(17)11-2-1-7-15-9-11/h3-6,11,15H,1-2,7-9,14H2,(H,16,17). The maximum absolute atomic E-state index is 11.9. The first kappa shape index (κ1) is 12.1. The first-order chi connectivity index (χ1) is 8.29. The van der Waals surface area contributed by atoms with Crippen molar-refractivity contribution in [3.05, 3.63) is 29.8 Å². The fraction of sp³-hybridized carbons (Fsp3) is 0.462. The molecule has 0 aromatic heterocycles. The van der Waals surface area contributed by atoms with Gasteiger partial charge in [0.15, 0.2) is 0 Å². The highest BCUT2D eigenvalue weighted by molar-refractivity contribution is 5.92. The zero-order chi connectivity index (χ0) is 12.1. The van der Waals surface area contributed by atoms with E-state index in [2.05, 4.69) is 10.6 Å². The van der Waals surface area contributed by atoms with Crippen LogP contribution in [0.5, 0.6) is 0 Å². The molecule has 1 unspecified atom stereocenters. The van der Waals surface area contributed by atoms with Crippen molar-refractivity contribution < 1.29 is 4.79 Å². The Morgan fingerprint density at radius 1 is 1.41 bits per heavy atom. The lowest BCUT2D eigenvalue weighted by Crippen LogP contribution is -2.37. The Bertz CT molecular complexity index is 369. The number of hydrogen-bond acceptors (Lipinski definition) is 3. The predicted molar refractivity (Wildman–Crippen MR) is 68.6 cm³/mol. The summed E-state index contributed by atoms with van der Waals surface area (Å²) in [6, 6.07) is 7.68. The summed E-state index contributed by atoms with van der Waals surface area (Å²) in [5.41, 5.74) is 7.44. The largest absolute Gasteiger partial charge is 0.326 e. The molecule has 0 radical (unpaired) electrons. The van der Waals surface area contributed by atoms with Gasteiger partial charge in [-0.05, 0) is 37.1 Å². The number of rotatable bonds is 3. The SMILES string of the molecule is NCc1ccc(NC(=O)C2CCCNC2)cc1. The number of benzene rings is 1. The molecule has 0 aliphatic carbocycles. The van der Waals surface area contributed by atoms with Crippen molar-refractivity contribution in [2.24, 2.45) is 11.7 Å². The van der Waals surface area contributed by atoms with Crippen LogP contribution in [0, 0.1) is 5.92 Å². The van der Waals surface area contributed by atoms with Crippen molar-refractivity contribution in [3.63, 3.8) is 0 Å². The minimum absolute atomic E-state index is 0.0953. The molecule has 1 amide bonds. The number of piperidine rings is 1. The topological polar surface area (TPSA) is 67.1 Å². The number of carbonyl (C=O) groups is 1. The molecule has 2 rings (SSSR count). The van der Waals surface area contributed by atoms with Crippen LogP contribution in [-0.4, -0.2) is 19.0 Å². The van der Waals surface area contributed by atoms with Crippen molar-refractivity contribution >= 4 is 11.6 Å². The van der Waals surface area contributed by atoms with Crippen LogP contribution in [-0.2, 0) is 11.3 Å². The highest BCUT2D eigenvalue weighted by atomic mass is 16.1. The van der Waals surface area contributed by atoms with Crippen LogP contribution >= 0.6 is 0 Å². The van der Waals surface area contributed by atoms with E-state index in [-0.39, 0.29) is 11.8 Å². The lowest BCUT2D eigenvalue weighted by molar-refractivity contribution is -0.120. The monoisotopic (exact) mass is 233 g/mol. The second kappa shape index (κ2) is 5.80. The third-order valence-electron chi connectivity index (χ3n) is 3.12. The quantitative estimate of drug-likeness (QED) is 0.732. The smallest absolute Gasteiger partial charge is 0.228 e. The van der Waals surface area contributed by atoms with Gasteiger partial charge in [0.2, 0.25) is 5.91 Å². The van der Waals surface area contributed by atoms with Crippen LogP contribution in [0.25, 0.3) is 0 Å². The van der Waals surface area contributed by atoms with E-state index >= 15 is 0 Å². The summed E-state index contributed by atoms with van der Waals surface area (Å²) in [6.07, 6.45) is 2.05. The van der Waals surface area contributed by atoms with Crippen LogP contribution in [0.2, 0.25) is 0 Å². The van der Waals surface area contributed by atoms with Gasteiger partial charge in [-0.3, -0.25) is 4.79 Å². The number of hydrogen-bond donors (Lipinski definition) is 3. The van der Waals surface area contributed by atoms with Gasteiger partial charge in [-0.2, -0.15) is 0 Å². The van der Waals surface area contributed by atoms with Gasteiger partial charge in [0, 0.05) is 18.8 Å². The van der Waals surface area contributed by atoms with Crippen LogP contribution in [0.15, 0.2) is 24.3 Å². The van der Waals surface area contributed by atoms with Gasteiger partial charge in [0.25, 0.3) is 0 Å². The van der Waals surface area contributed by atoms with Crippen molar-refractivity contribution in [1.82, 2.24) is 5.32 Å². The molecule has 0 saturated carbocycles. The van der Waals surface area contributed by atoms with E-state index in [4.69, 9.17) is 5.73 Å². The van der Waals surface area contributed by atoms with E-state index < -0.39 is 0 Å². The lowest BCUT2D eigenvalue weighted by atomic mass is 9.99. The molecular weight excluding hydrogens is 214 g/mol. The summed E-state index contributed by atoms with van der Waals surface area (Å²) >= 11 is 0. The molecule has 0 spiro atoms. The molecule has 1 heterocycles. The van der Waals surface area contributed by atoms with E-state index in [1.165, 1.54) is 0 Å². The Balaban J connectivity index is 1.92. The average Bonchev–Trinajstić information content (AvgIpc) is 2.40. The fourth-order valence-electron chi connectivity index (χ4n) is 2.04. The molecule has 1 aliphatic rings. The predicted octanol–water partition coefficient (Wildman–Crippen LogP) is 1.08. The zero-order valence-electron chi connectivity index (χ0n) is 9.91. The molecule has 4 heteroatoms. The molecule has 92 valence electrons. The highest BCUT2D eigenvalue weighted by Gasteiger charge is 2.20. The first-order valence-electron chi connectivity index (χ1n) is 6.10. The summed E-state index contributed by atoms with van der Waals surface area (Å²) in [6.45, 7) is 2.34. The summed E-state index contributed by atoms with van der Waals surface area (Å²) in [4.78, 5) is 11.9. The molecular formula is C13H19N3O. The highest BCUT2D eigenvalue weighted by Crippen LogP contribution is 2.14. The van der Waals surface area contributed by atoms with E-state index in [0.29, 0.717) is 6.54 Å². The van der Waals surface area contributed by atoms with E-state index in [9.17, 15) is 4.79 Å². The van der Waals surface area contributed by atoms with Crippen LogP contribution in [0.1, 0.15) is 18.4 Å². The minimum atomic E-state index is 0.0953. The summed E-state index contributed by atoms with van der Waals surface area (Å²) < 4.78 is 0. The second-order valence-electron chi connectivity index (χ2n) is 4.43. The molecule has 1 fully saturated rings. The van der Waals surface area contributed by atoms with Crippen molar-refractivity contribution in [2.75, 3.05) is 18.4 Å². The maximum atomic E-state index is 11.9. The number of anilines is 1. The van der Waals surface area contributed by atoms with Gasteiger partial charge < -0.3 is 16.4 Å². The Morgan fingerprint density at radius 3 is 2.76 bits per heavy atom. The van der Waals surface area contributed by atoms with Gasteiger partial charge >= 0.3 is 0 Å². The van der Waals surface area contributed by atoms with Crippen LogP contribution in [0.4, 0.5) is 5.69 Å². The normalized spacial score (nSPS) is 19.9. The Labute approximate surface area is 102 Å². The van der Waals surface area contributed by atoms with Crippen molar-refractivity contribution in [1.29, 1.82) is 0 Å². The molecule has 1 aromatic carbocycles. The zero-order valence-corrected chi connectivity index (χ0v) is 9.91. The molecule has 1 saturated heterocycles. The maximum Gasteiger partial charge on any atom is 0.228 e. The summed E-state index contributed by atoms with van der Waals surface area (Å²) in [5, 5.41) is 6.19. The Hall–Kier alpha value is -1.39. The number of carbonyl (C=O) groups excluding carboxylic acids is 1. The van der Waals surface area contributed by atoms with Gasteiger partial charge in [0.1, 0.15) is 0 Å². The number of nitrogens with two attached hydrogens (primary N) is 1. The van der Waals surface area contributed by atoms with Crippen LogP contribution in [0.3, 0.4) is 0 Å². The Morgan fingerprint density at radius 2 is 2.18 bits per heavy atom. The van der Waals surface area contributed by atoms with Gasteiger partial charge in [-0.25, -0.2) is 0 Å². The van der Waals surface area contributed by atoms with Gasteiger partial charge in [-0.15, -0.1) is 0 Å². The number of nitrogens with one attached hydrogen (secondary N) is 2. The van der Waals surface area contributed by atoms with E-state index in [0.717, 1.165) is 37.2 Å². The van der Waals surface area contributed by atoms with E-state index in [1.54, 1.807) is 0 Å². The Kier molecular flexibility index (Phi) is 4.12. The summed E-state index contributed by atoms with van der Waals surface area (Å²) in [5.74, 6) is 0.204. The molecule has 0 bridgehead atoms. The second-order valence-corrected chi connectivity index (χ2v) is 4.43. The first-order valence-corrected chi connectivity index (χ1v) is 6.10. The molecule has 1 atom stereocenters. The third kappa shape index (κ3) is 3.28. The molecule has 4 N–H and O–H groups in total. The number of amides is 1. The lowest BCUT2D eigenvalue weighted by Gasteiger charge is -2.21. The molecule has 4 nitrogen and oxygen atoms in total. The van der Waals surface area contributed by atoms with Crippen LogP contribution < -0.4 is 16.4 Å². The summed E-state index contributed by atoms with van der Waals surface area (Å²) in [7, 11) is 0. The molecule has 17 heavy (non-hydrogen) atoms. The molecule has 1 aliphatic heterocycles. The minimum Gasteiger partial charge on any atom is -0.326 e. The van der Waals surface area contributed by atoms with Gasteiger partial charge in [0.05, 0.1) is 5.92 Å². The third-order valence-corrected chi connectivity index (χ3v) is 3.12. The van der Waals surface area contributed by atoms with Gasteiger partial charge in [-0.1, -0.05) is 12.1 Å². The van der Waals surface area contributed by atoms with E-state index in [1.807, 2.05) is 24.3 Å². The van der Waals surface area contributed by atoms with Crippen molar-refractivity contribution in [2.45, 2.75) is 19.4 Å². The fourth-order valence-corrected chi connectivity index (χ4v) is 2.04. The van der Waals surface area contributed by atoms with Crippen molar-refractivity contribution in [3.8, 4) is 0 Å².